The Hall–Kier alpha value is -1.98. The number of ether oxygens (including phenoxy) is 1. The highest BCUT2D eigenvalue weighted by Crippen LogP contribution is 2.32. The summed E-state index contributed by atoms with van der Waals surface area (Å²) in [5.41, 5.74) is -0.778. The van der Waals surface area contributed by atoms with Crippen LogP contribution in [0.25, 0.3) is 6.08 Å². The molecular weight excluding hydrogens is 261 g/mol. The maximum Gasteiger partial charge on any atom is 0.416 e. The van der Waals surface area contributed by atoms with Gasteiger partial charge in [-0.15, -0.1) is 0 Å². The molecule has 0 bridgehead atoms. The summed E-state index contributed by atoms with van der Waals surface area (Å²) >= 11 is 0. The highest BCUT2D eigenvalue weighted by molar-refractivity contribution is 5.72. The summed E-state index contributed by atoms with van der Waals surface area (Å²) in [5, 5.41) is 9.22. The van der Waals surface area contributed by atoms with Crippen molar-refractivity contribution in [1.82, 2.24) is 0 Å². The molecule has 104 valence electrons. The standard InChI is InChI=1S/C13H13F3O3/c1-2-19-12(18)5-3-4-9-6-10(13(14,15)16)8-11(17)7-9/h3-4,6-8,17H,2,5H2,1H3. The number of hydrogen-bond donors (Lipinski definition) is 1. The minimum Gasteiger partial charge on any atom is -0.508 e. The van der Waals surface area contributed by atoms with Gasteiger partial charge >= 0.3 is 12.1 Å². The van der Waals surface area contributed by atoms with Crippen molar-refractivity contribution in [3.05, 3.63) is 35.4 Å². The van der Waals surface area contributed by atoms with Gasteiger partial charge in [0.2, 0.25) is 0 Å². The Morgan fingerprint density at radius 2 is 2.05 bits per heavy atom. The molecule has 0 aromatic heterocycles. The molecule has 1 rings (SSSR count). The van der Waals surface area contributed by atoms with Gasteiger partial charge in [0, 0.05) is 0 Å². The molecule has 1 aromatic carbocycles. The Bertz CT molecular complexity index is 479. The fraction of sp³-hybridized carbons (Fsp3) is 0.308. The fourth-order valence-electron chi connectivity index (χ4n) is 1.41. The molecule has 1 aromatic rings. The number of alkyl halides is 3. The van der Waals surface area contributed by atoms with Crippen LogP contribution < -0.4 is 0 Å². The Balaban J connectivity index is 2.82. The minimum absolute atomic E-state index is 0.0369. The number of aromatic hydroxyl groups is 1. The van der Waals surface area contributed by atoms with Crippen molar-refractivity contribution in [1.29, 1.82) is 0 Å². The molecule has 0 atom stereocenters. The number of phenolic OH excluding ortho intramolecular Hbond substituents is 1. The van der Waals surface area contributed by atoms with Crippen LogP contribution >= 0.6 is 0 Å². The normalized spacial score (nSPS) is 11.8. The van der Waals surface area contributed by atoms with E-state index in [-0.39, 0.29) is 18.6 Å². The average Bonchev–Trinajstić information content (AvgIpc) is 2.27. The topological polar surface area (TPSA) is 46.5 Å². The van der Waals surface area contributed by atoms with Crippen molar-refractivity contribution < 1.29 is 27.8 Å². The second kappa shape index (κ2) is 6.26. The first-order valence-electron chi connectivity index (χ1n) is 5.56. The van der Waals surface area contributed by atoms with Crippen LogP contribution in [-0.2, 0) is 15.7 Å². The van der Waals surface area contributed by atoms with Crippen molar-refractivity contribution >= 4 is 12.0 Å². The molecule has 0 heterocycles. The number of benzene rings is 1. The van der Waals surface area contributed by atoms with Crippen LogP contribution in [0, 0.1) is 0 Å². The lowest BCUT2D eigenvalue weighted by molar-refractivity contribution is -0.142. The van der Waals surface area contributed by atoms with Crippen LogP contribution in [0.3, 0.4) is 0 Å². The summed E-state index contributed by atoms with van der Waals surface area (Å²) in [4.78, 5) is 11.0. The summed E-state index contributed by atoms with van der Waals surface area (Å²) < 4.78 is 42.1. The van der Waals surface area contributed by atoms with Gasteiger partial charge in [0.05, 0.1) is 18.6 Å². The SMILES string of the molecule is CCOC(=O)CC=Cc1cc(O)cc(C(F)(F)F)c1. The molecule has 0 aliphatic heterocycles. The van der Waals surface area contributed by atoms with E-state index in [4.69, 9.17) is 0 Å². The Kier molecular flexibility index (Phi) is 4.97. The zero-order valence-electron chi connectivity index (χ0n) is 10.2. The molecule has 19 heavy (non-hydrogen) atoms. The van der Waals surface area contributed by atoms with Crippen LogP contribution in [-0.4, -0.2) is 17.7 Å². The van der Waals surface area contributed by atoms with E-state index in [1.165, 1.54) is 18.2 Å². The largest absolute Gasteiger partial charge is 0.508 e. The van der Waals surface area contributed by atoms with E-state index in [1.54, 1.807) is 6.92 Å². The molecule has 0 aliphatic carbocycles. The van der Waals surface area contributed by atoms with Crippen LogP contribution in [0.2, 0.25) is 0 Å². The lowest BCUT2D eigenvalue weighted by Gasteiger charge is -2.08. The summed E-state index contributed by atoms with van der Waals surface area (Å²) in [6.07, 6.45) is -1.86. The summed E-state index contributed by atoms with van der Waals surface area (Å²) in [6.45, 7) is 1.91. The molecule has 0 radical (unpaired) electrons. The second-order valence-electron chi connectivity index (χ2n) is 3.72. The molecule has 0 spiro atoms. The molecule has 0 aliphatic rings. The predicted octanol–water partition coefficient (Wildman–Crippen LogP) is 3.38. The molecule has 1 N–H and O–H groups in total. The minimum atomic E-state index is -4.53. The van der Waals surface area contributed by atoms with Gasteiger partial charge in [0.15, 0.2) is 0 Å². The first kappa shape index (κ1) is 15.1. The van der Waals surface area contributed by atoms with E-state index < -0.39 is 23.5 Å². The number of hydrogen-bond acceptors (Lipinski definition) is 3. The smallest absolute Gasteiger partial charge is 0.416 e. The van der Waals surface area contributed by atoms with Gasteiger partial charge < -0.3 is 9.84 Å². The summed E-state index contributed by atoms with van der Waals surface area (Å²) in [6, 6.07) is 2.71. The quantitative estimate of drug-likeness (QED) is 0.856. The highest BCUT2D eigenvalue weighted by atomic mass is 19.4. The zero-order valence-corrected chi connectivity index (χ0v) is 10.2. The number of carbonyl (C=O) groups is 1. The van der Waals surface area contributed by atoms with E-state index in [1.807, 2.05) is 0 Å². The van der Waals surface area contributed by atoms with Crippen LogP contribution in [0.5, 0.6) is 5.75 Å². The van der Waals surface area contributed by atoms with E-state index in [0.29, 0.717) is 6.07 Å². The third kappa shape index (κ3) is 5.03. The van der Waals surface area contributed by atoms with Crippen LogP contribution in [0.1, 0.15) is 24.5 Å². The van der Waals surface area contributed by atoms with Crippen molar-refractivity contribution in [2.24, 2.45) is 0 Å². The molecule has 0 saturated carbocycles. The molecule has 6 heteroatoms. The molecule has 0 fully saturated rings. The zero-order chi connectivity index (χ0) is 14.5. The van der Waals surface area contributed by atoms with Gasteiger partial charge in [0.1, 0.15) is 5.75 Å². The van der Waals surface area contributed by atoms with E-state index in [2.05, 4.69) is 4.74 Å². The maximum absolute atomic E-state index is 12.5. The fourth-order valence-corrected chi connectivity index (χ4v) is 1.41. The van der Waals surface area contributed by atoms with Gasteiger partial charge in [-0.1, -0.05) is 12.2 Å². The van der Waals surface area contributed by atoms with Crippen LogP contribution in [0.4, 0.5) is 13.2 Å². The van der Waals surface area contributed by atoms with Crippen molar-refractivity contribution in [3.63, 3.8) is 0 Å². The molecule has 0 unspecified atom stereocenters. The highest BCUT2D eigenvalue weighted by Gasteiger charge is 2.31. The van der Waals surface area contributed by atoms with Crippen molar-refractivity contribution in [2.75, 3.05) is 6.61 Å². The lowest BCUT2D eigenvalue weighted by Crippen LogP contribution is -2.04. The molecule has 3 nitrogen and oxygen atoms in total. The average molecular weight is 274 g/mol. The van der Waals surface area contributed by atoms with E-state index >= 15 is 0 Å². The summed E-state index contributed by atoms with van der Waals surface area (Å²) in [5.74, 6) is -0.944. The Labute approximate surface area is 108 Å². The van der Waals surface area contributed by atoms with Crippen molar-refractivity contribution in [3.8, 4) is 5.75 Å². The monoisotopic (exact) mass is 274 g/mol. The Morgan fingerprint density at radius 1 is 1.37 bits per heavy atom. The predicted molar refractivity (Wildman–Crippen MR) is 63.4 cm³/mol. The van der Waals surface area contributed by atoms with E-state index in [0.717, 1.165) is 6.07 Å². The van der Waals surface area contributed by atoms with Gasteiger partial charge in [-0.2, -0.15) is 13.2 Å². The second-order valence-corrected chi connectivity index (χ2v) is 3.72. The van der Waals surface area contributed by atoms with Crippen molar-refractivity contribution in [2.45, 2.75) is 19.5 Å². The number of carbonyl (C=O) groups excluding carboxylic acids is 1. The number of phenols is 1. The number of halogens is 3. The van der Waals surface area contributed by atoms with Gasteiger partial charge in [-0.05, 0) is 30.7 Å². The third-order valence-electron chi connectivity index (χ3n) is 2.17. The lowest BCUT2D eigenvalue weighted by atomic mass is 10.1. The maximum atomic E-state index is 12.5. The van der Waals surface area contributed by atoms with E-state index in [9.17, 15) is 23.1 Å². The van der Waals surface area contributed by atoms with Gasteiger partial charge in [-0.25, -0.2) is 0 Å². The third-order valence-corrected chi connectivity index (χ3v) is 2.17. The first-order chi connectivity index (χ1) is 8.82. The van der Waals surface area contributed by atoms with Gasteiger partial charge in [-0.3, -0.25) is 4.79 Å². The van der Waals surface area contributed by atoms with Crippen LogP contribution in [0.15, 0.2) is 24.3 Å². The molecule has 0 saturated heterocycles. The molecular formula is C13H13F3O3. The summed E-state index contributed by atoms with van der Waals surface area (Å²) in [7, 11) is 0. The Morgan fingerprint density at radius 3 is 2.63 bits per heavy atom. The number of rotatable bonds is 4. The first-order valence-corrected chi connectivity index (χ1v) is 5.56. The molecule has 0 amide bonds. The number of esters is 1. The van der Waals surface area contributed by atoms with Gasteiger partial charge in [0.25, 0.3) is 0 Å².